The number of para-hydroxylation sites is 2. The zero-order valence-electron chi connectivity index (χ0n) is 19.6. The molecule has 1 N–H and O–H groups in total. The average molecular weight is 562 g/mol. The molecule has 1 saturated heterocycles. The highest BCUT2D eigenvalue weighted by atomic mass is 35.5. The maximum absolute atomic E-state index is 13.5. The van der Waals surface area contributed by atoms with Crippen molar-refractivity contribution in [2.75, 3.05) is 29.3 Å². The Morgan fingerprint density at radius 3 is 2.11 bits per heavy atom. The summed E-state index contributed by atoms with van der Waals surface area (Å²) in [7, 11) is -7.59. The Morgan fingerprint density at radius 2 is 1.43 bits per heavy atom. The van der Waals surface area contributed by atoms with Crippen LogP contribution in [0, 0.1) is 0 Å². The van der Waals surface area contributed by atoms with E-state index in [0.29, 0.717) is 29.5 Å². The Balaban J connectivity index is 1.36. The number of sulfonamides is 2. The van der Waals surface area contributed by atoms with Crippen LogP contribution in [0.15, 0.2) is 82.6 Å². The van der Waals surface area contributed by atoms with Crippen LogP contribution in [0.1, 0.15) is 12.8 Å². The second-order valence-corrected chi connectivity index (χ2v) is 12.9. The van der Waals surface area contributed by atoms with Crippen molar-refractivity contribution in [2.24, 2.45) is 0 Å². The van der Waals surface area contributed by atoms with Crippen LogP contribution in [0.2, 0.25) is 5.02 Å². The van der Waals surface area contributed by atoms with Gasteiger partial charge >= 0.3 is 0 Å². The van der Waals surface area contributed by atoms with E-state index in [0.717, 1.165) is 17.1 Å². The zero-order valence-corrected chi connectivity index (χ0v) is 22.0. The summed E-state index contributed by atoms with van der Waals surface area (Å²) in [5.74, 6) is -0.320. The van der Waals surface area contributed by atoms with E-state index < -0.39 is 32.1 Å². The molecule has 0 saturated carbocycles. The number of carbonyl (C=O) groups is 1. The zero-order chi connectivity index (χ0) is 26.2. The van der Waals surface area contributed by atoms with Crippen molar-refractivity contribution >= 4 is 48.9 Å². The highest BCUT2D eigenvalue weighted by Crippen LogP contribution is 2.37. The number of hydrogen-bond donors (Lipinski definition) is 1. The molecule has 5 rings (SSSR count). The lowest BCUT2D eigenvalue weighted by molar-refractivity contribution is -0.122. The molecule has 0 bridgehead atoms. The Labute approximate surface area is 220 Å². The molecule has 2 heterocycles. The van der Waals surface area contributed by atoms with Crippen molar-refractivity contribution in [3.63, 3.8) is 0 Å². The fourth-order valence-electron chi connectivity index (χ4n) is 4.31. The van der Waals surface area contributed by atoms with Crippen molar-refractivity contribution in [2.45, 2.75) is 28.7 Å². The largest absolute Gasteiger partial charge is 0.476 e. The first kappa shape index (κ1) is 25.5. The molecule has 0 aromatic heterocycles. The molecule has 0 spiro atoms. The van der Waals surface area contributed by atoms with Crippen LogP contribution in [-0.2, 0) is 24.8 Å². The van der Waals surface area contributed by atoms with Gasteiger partial charge in [-0.25, -0.2) is 16.8 Å². The summed E-state index contributed by atoms with van der Waals surface area (Å²) < 4.78 is 60.9. The number of rotatable bonds is 6. The quantitative estimate of drug-likeness (QED) is 0.491. The van der Waals surface area contributed by atoms with Gasteiger partial charge in [-0.1, -0.05) is 23.7 Å². The molecule has 3 aromatic carbocycles. The van der Waals surface area contributed by atoms with Crippen molar-refractivity contribution in [1.82, 2.24) is 4.31 Å². The SMILES string of the molecule is O=C(Nc1ccc(S(=O)(=O)N2CCCC2)cc1)[C@@H]1CN(S(=O)(=O)c2ccc(Cl)cc2)c2ccccc2O1. The van der Waals surface area contributed by atoms with Gasteiger partial charge in [-0.3, -0.25) is 9.10 Å². The van der Waals surface area contributed by atoms with Gasteiger partial charge in [0.25, 0.3) is 15.9 Å². The molecule has 12 heteroatoms. The highest BCUT2D eigenvalue weighted by molar-refractivity contribution is 7.92. The lowest BCUT2D eigenvalue weighted by Gasteiger charge is -2.34. The average Bonchev–Trinajstić information content (AvgIpc) is 3.45. The Bertz CT molecular complexity index is 1520. The van der Waals surface area contributed by atoms with Gasteiger partial charge in [-0.15, -0.1) is 0 Å². The predicted octanol–water partition coefficient (Wildman–Crippen LogP) is 3.72. The number of ether oxygens (including phenoxy) is 1. The van der Waals surface area contributed by atoms with Gasteiger partial charge in [0.2, 0.25) is 10.0 Å². The maximum atomic E-state index is 13.5. The van der Waals surface area contributed by atoms with Crippen LogP contribution in [0.3, 0.4) is 0 Å². The third kappa shape index (κ3) is 5.04. The van der Waals surface area contributed by atoms with Gasteiger partial charge in [-0.05, 0) is 73.5 Å². The lowest BCUT2D eigenvalue weighted by atomic mass is 10.2. The molecule has 3 aromatic rings. The second kappa shape index (κ2) is 9.97. The topological polar surface area (TPSA) is 113 Å². The monoisotopic (exact) mass is 561 g/mol. The van der Waals surface area contributed by atoms with Crippen LogP contribution >= 0.6 is 11.6 Å². The van der Waals surface area contributed by atoms with E-state index in [-0.39, 0.29) is 22.1 Å². The van der Waals surface area contributed by atoms with Crippen LogP contribution in [0.25, 0.3) is 0 Å². The summed E-state index contributed by atoms with van der Waals surface area (Å²) >= 11 is 5.92. The minimum atomic E-state index is -4.02. The number of fused-ring (bicyclic) bond motifs is 1. The molecule has 0 radical (unpaired) electrons. The summed E-state index contributed by atoms with van der Waals surface area (Å²) in [6, 6.07) is 18.2. The summed E-state index contributed by atoms with van der Waals surface area (Å²) in [5.41, 5.74) is 0.679. The Kier molecular flexibility index (Phi) is 6.88. The van der Waals surface area contributed by atoms with E-state index in [1.54, 1.807) is 24.3 Å². The number of halogens is 1. The van der Waals surface area contributed by atoms with Gasteiger partial charge in [0.1, 0.15) is 5.75 Å². The van der Waals surface area contributed by atoms with E-state index in [4.69, 9.17) is 16.3 Å². The van der Waals surface area contributed by atoms with Crippen molar-refractivity contribution < 1.29 is 26.4 Å². The van der Waals surface area contributed by atoms with Crippen LogP contribution in [0.4, 0.5) is 11.4 Å². The molecule has 37 heavy (non-hydrogen) atoms. The van der Waals surface area contributed by atoms with Crippen molar-refractivity contribution in [3.05, 3.63) is 77.8 Å². The molecule has 9 nitrogen and oxygen atoms in total. The number of hydrogen-bond acceptors (Lipinski definition) is 6. The first-order valence-corrected chi connectivity index (χ1v) is 14.9. The fraction of sp³-hybridized carbons (Fsp3) is 0.240. The summed E-state index contributed by atoms with van der Waals surface area (Å²) in [6.45, 7) is 0.739. The summed E-state index contributed by atoms with van der Waals surface area (Å²) in [4.78, 5) is 13.3. The standard InChI is InChI=1S/C25H24ClN3O6S2/c26-18-7-11-21(12-8-18)37(33,34)29-17-24(35-23-6-2-1-5-22(23)29)25(30)27-19-9-13-20(14-10-19)36(31,32)28-15-3-4-16-28/h1-2,5-14,24H,3-4,15-17H2,(H,27,30)/t24-/m0/s1. The van der Waals surface area contributed by atoms with E-state index in [1.165, 1.54) is 52.8 Å². The minimum Gasteiger partial charge on any atom is -0.476 e. The van der Waals surface area contributed by atoms with Crippen molar-refractivity contribution in [1.29, 1.82) is 0 Å². The molecule has 0 unspecified atom stereocenters. The first-order chi connectivity index (χ1) is 17.7. The van der Waals surface area contributed by atoms with Gasteiger partial charge < -0.3 is 10.1 Å². The molecule has 194 valence electrons. The third-order valence-corrected chi connectivity index (χ3v) is 10.2. The number of amides is 1. The summed E-state index contributed by atoms with van der Waals surface area (Å²) in [6.07, 6.45) is 0.524. The number of carbonyl (C=O) groups excluding carboxylic acids is 1. The molecular weight excluding hydrogens is 538 g/mol. The maximum Gasteiger partial charge on any atom is 0.267 e. The van der Waals surface area contributed by atoms with Crippen LogP contribution < -0.4 is 14.4 Å². The number of benzene rings is 3. The third-order valence-electron chi connectivity index (χ3n) is 6.25. The van der Waals surface area contributed by atoms with Gasteiger partial charge in [0, 0.05) is 23.8 Å². The van der Waals surface area contributed by atoms with E-state index in [1.807, 2.05) is 0 Å². The molecule has 0 aliphatic carbocycles. The molecule has 1 fully saturated rings. The van der Waals surface area contributed by atoms with Gasteiger partial charge in [0.15, 0.2) is 6.10 Å². The second-order valence-electron chi connectivity index (χ2n) is 8.69. The molecule has 2 aliphatic rings. The smallest absolute Gasteiger partial charge is 0.267 e. The minimum absolute atomic E-state index is 0.0301. The number of nitrogens with zero attached hydrogens (tertiary/aromatic N) is 2. The summed E-state index contributed by atoms with van der Waals surface area (Å²) in [5, 5.41) is 3.10. The van der Waals surface area contributed by atoms with Crippen LogP contribution in [0.5, 0.6) is 5.75 Å². The highest BCUT2D eigenvalue weighted by Gasteiger charge is 2.37. The van der Waals surface area contributed by atoms with Crippen molar-refractivity contribution in [3.8, 4) is 5.75 Å². The molecule has 1 atom stereocenters. The number of nitrogens with one attached hydrogen (secondary N) is 1. The predicted molar refractivity (Wildman–Crippen MR) is 140 cm³/mol. The fourth-order valence-corrected chi connectivity index (χ4v) is 7.43. The molecular formula is C25H24ClN3O6S2. The van der Waals surface area contributed by atoms with Gasteiger partial charge in [0.05, 0.1) is 22.0 Å². The Hall–Kier alpha value is -3.12. The lowest BCUT2D eigenvalue weighted by Crippen LogP contribution is -2.48. The molecule has 2 aliphatic heterocycles. The van der Waals surface area contributed by atoms with E-state index >= 15 is 0 Å². The first-order valence-electron chi connectivity index (χ1n) is 11.6. The molecule has 1 amide bonds. The van der Waals surface area contributed by atoms with Gasteiger partial charge in [-0.2, -0.15) is 4.31 Å². The van der Waals surface area contributed by atoms with Crippen LogP contribution in [-0.4, -0.2) is 52.8 Å². The van der Waals surface area contributed by atoms with E-state index in [9.17, 15) is 21.6 Å². The Morgan fingerprint density at radius 1 is 0.838 bits per heavy atom. The van der Waals surface area contributed by atoms with E-state index in [2.05, 4.69) is 5.32 Å². The number of anilines is 2. The normalized spacial score (nSPS) is 18.2.